The lowest BCUT2D eigenvalue weighted by Crippen LogP contribution is -2.48. The summed E-state index contributed by atoms with van der Waals surface area (Å²) in [5.74, 6) is 6.42. The van der Waals surface area contributed by atoms with Gasteiger partial charge in [-0.3, -0.25) is 14.5 Å². The summed E-state index contributed by atoms with van der Waals surface area (Å²) in [6.07, 6.45) is 3.90. The summed E-state index contributed by atoms with van der Waals surface area (Å²) in [4.78, 5) is 32.5. The first kappa shape index (κ1) is 25.2. The van der Waals surface area contributed by atoms with E-state index in [0.29, 0.717) is 41.6 Å². The van der Waals surface area contributed by atoms with Crippen molar-refractivity contribution in [3.63, 3.8) is 0 Å². The normalized spacial score (nSPS) is 13.6. The quantitative estimate of drug-likeness (QED) is 0.307. The van der Waals surface area contributed by atoms with Gasteiger partial charge < -0.3 is 16.0 Å². The van der Waals surface area contributed by atoms with Gasteiger partial charge in [-0.25, -0.2) is 4.98 Å². The largest absolute Gasteiger partial charge is 0.383 e. The topological polar surface area (TPSA) is 91.6 Å². The Morgan fingerprint density at radius 3 is 2.58 bits per heavy atom. The Bertz CT molecular complexity index is 1330. The van der Waals surface area contributed by atoms with Crippen molar-refractivity contribution >= 4 is 40.0 Å². The molecule has 2 heterocycles. The Hall–Kier alpha value is -3.86. The molecule has 3 N–H and O–H groups in total. The maximum Gasteiger partial charge on any atom is 0.251 e. The van der Waals surface area contributed by atoms with Gasteiger partial charge in [0.25, 0.3) is 5.91 Å². The third kappa shape index (κ3) is 6.22. The second kappa shape index (κ2) is 11.7. The van der Waals surface area contributed by atoms with Crippen LogP contribution in [0.2, 0.25) is 5.02 Å². The fraction of sp³-hybridized carbons (Fsp3) is 0.250. The van der Waals surface area contributed by atoms with E-state index in [9.17, 15) is 9.59 Å². The molecule has 7 nitrogen and oxygen atoms in total. The molecule has 1 aliphatic heterocycles. The van der Waals surface area contributed by atoms with Crippen LogP contribution in [0, 0.1) is 11.8 Å². The van der Waals surface area contributed by atoms with E-state index in [2.05, 4.69) is 33.6 Å². The third-order valence-corrected chi connectivity index (χ3v) is 6.39. The molecule has 8 heteroatoms. The number of nitrogen functional groups attached to an aromatic ring is 1. The lowest BCUT2D eigenvalue weighted by Gasteiger charge is -2.34. The zero-order valence-corrected chi connectivity index (χ0v) is 20.7. The molecule has 184 valence electrons. The molecule has 0 aliphatic carbocycles. The first-order valence-electron chi connectivity index (χ1n) is 11.8. The highest BCUT2D eigenvalue weighted by Gasteiger charge is 2.18. The number of carbonyl (C=O) groups excluding carboxylic acids is 2. The van der Waals surface area contributed by atoms with E-state index in [1.54, 1.807) is 24.4 Å². The van der Waals surface area contributed by atoms with Crippen LogP contribution in [0.5, 0.6) is 0 Å². The van der Waals surface area contributed by atoms with Crippen molar-refractivity contribution in [1.82, 2.24) is 20.1 Å². The van der Waals surface area contributed by atoms with E-state index < -0.39 is 0 Å². The zero-order chi connectivity index (χ0) is 25.5. The predicted molar refractivity (Wildman–Crippen MR) is 144 cm³/mol. The fourth-order valence-electron chi connectivity index (χ4n) is 4.10. The number of amides is 2. The average molecular weight is 502 g/mol. The second-order valence-electron chi connectivity index (χ2n) is 8.56. The molecule has 0 unspecified atom stereocenters. The van der Waals surface area contributed by atoms with Gasteiger partial charge in [0.15, 0.2) is 0 Å². The Labute approximate surface area is 215 Å². The van der Waals surface area contributed by atoms with Crippen molar-refractivity contribution in [1.29, 1.82) is 0 Å². The molecule has 3 aromatic rings. The summed E-state index contributed by atoms with van der Waals surface area (Å²) in [5, 5.41) is 5.34. The van der Waals surface area contributed by atoms with E-state index in [-0.39, 0.29) is 11.8 Å². The molecule has 0 atom stereocenters. The number of carbonyl (C=O) groups is 2. The number of rotatable bonds is 6. The van der Waals surface area contributed by atoms with Crippen LogP contribution in [0.4, 0.5) is 5.82 Å². The van der Waals surface area contributed by atoms with Gasteiger partial charge in [0.1, 0.15) is 5.82 Å². The van der Waals surface area contributed by atoms with E-state index in [1.807, 2.05) is 29.2 Å². The van der Waals surface area contributed by atoms with Gasteiger partial charge in [-0.2, -0.15) is 0 Å². The molecule has 2 amide bonds. The molecule has 1 aromatic heterocycles. The van der Waals surface area contributed by atoms with E-state index in [1.165, 1.54) is 6.08 Å². The van der Waals surface area contributed by atoms with Crippen LogP contribution < -0.4 is 11.1 Å². The monoisotopic (exact) mass is 501 g/mol. The summed E-state index contributed by atoms with van der Waals surface area (Å²) in [5.41, 5.74) is 8.03. The molecule has 1 saturated heterocycles. The van der Waals surface area contributed by atoms with Crippen molar-refractivity contribution < 1.29 is 9.59 Å². The minimum Gasteiger partial charge on any atom is -0.383 e. The Morgan fingerprint density at radius 2 is 1.86 bits per heavy atom. The first-order chi connectivity index (χ1) is 17.4. The molecule has 0 spiro atoms. The smallest absolute Gasteiger partial charge is 0.251 e. The molecule has 0 bridgehead atoms. The van der Waals surface area contributed by atoms with Crippen molar-refractivity contribution in [3.8, 4) is 11.8 Å². The maximum absolute atomic E-state index is 12.5. The van der Waals surface area contributed by atoms with Crippen LogP contribution in [0.1, 0.15) is 27.9 Å². The summed E-state index contributed by atoms with van der Waals surface area (Å²) in [6.45, 7) is 8.10. The summed E-state index contributed by atoms with van der Waals surface area (Å²) in [7, 11) is 0. The SMILES string of the molecule is C=CC(=O)N1CCN(CCCNC(=O)c2ccc(C#Cc3c(N)ncc4ccc(Cl)cc34)cc2)CC1. The molecule has 0 radical (unpaired) electrons. The highest BCUT2D eigenvalue weighted by Crippen LogP contribution is 2.24. The number of pyridine rings is 1. The van der Waals surface area contributed by atoms with Crippen LogP contribution in [0.25, 0.3) is 10.8 Å². The van der Waals surface area contributed by atoms with E-state index >= 15 is 0 Å². The zero-order valence-electron chi connectivity index (χ0n) is 20.0. The minimum absolute atomic E-state index is 0.0153. The number of nitrogens with zero attached hydrogens (tertiary/aromatic N) is 3. The van der Waals surface area contributed by atoms with Gasteiger partial charge in [0.05, 0.1) is 5.56 Å². The van der Waals surface area contributed by atoms with Gasteiger partial charge in [-0.1, -0.05) is 36.1 Å². The first-order valence-corrected chi connectivity index (χ1v) is 12.2. The highest BCUT2D eigenvalue weighted by atomic mass is 35.5. The van der Waals surface area contributed by atoms with E-state index in [4.69, 9.17) is 17.3 Å². The van der Waals surface area contributed by atoms with E-state index in [0.717, 1.165) is 42.4 Å². The van der Waals surface area contributed by atoms with Crippen molar-refractivity contribution in [3.05, 3.63) is 83.0 Å². The molecular formula is C28H28ClN5O2. The van der Waals surface area contributed by atoms with Crippen molar-refractivity contribution in [2.24, 2.45) is 0 Å². The Balaban J connectivity index is 1.28. The van der Waals surface area contributed by atoms with Crippen molar-refractivity contribution in [2.75, 3.05) is 45.0 Å². The molecule has 36 heavy (non-hydrogen) atoms. The van der Waals surface area contributed by atoms with Gasteiger partial charge in [0, 0.05) is 65.8 Å². The Morgan fingerprint density at radius 1 is 1.11 bits per heavy atom. The minimum atomic E-state index is -0.118. The molecule has 2 aromatic carbocycles. The number of nitrogens with one attached hydrogen (secondary N) is 1. The van der Waals surface area contributed by atoms with Crippen molar-refractivity contribution in [2.45, 2.75) is 6.42 Å². The van der Waals surface area contributed by atoms with Gasteiger partial charge in [0.2, 0.25) is 5.91 Å². The summed E-state index contributed by atoms with van der Waals surface area (Å²) < 4.78 is 0. The fourth-order valence-corrected chi connectivity index (χ4v) is 4.27. The van der Waals surface area contributed by atoms with Crippen LogP contribution in [-0.2, 0) is 4.79 Å². The lowest BCUT2D eigenvalue weighted by molar-refractivity contribution is -0.127. The number of piperazine rings is 1. The number of benzene rings is 2. The molecule has 1 aliphatic rings. The average Bonchev–Trinajstić information content (AvgIpc) is 2.90. The lowest BCUT2D eigenvalue weighted by atomic mass is 10.1. The number of nitrogens with two attached hydrogens (primary N) is 1. The number of anilines is 1. The number of fused-ring (bicyclic) bond motifs is 1. The highest BCUT2D eigenvalue weighted by molar-refractivity contribution is 6.31. The third-order valence-electron chi connectivity index (χ3n) is 6.16. The number of halogens is 1. The number of hydrogen-bond acceptors (Lipinski definition) is 5. The Kier molecular flexibility index (Phi) is 8.21. The predicted octanol–water partition coefficient (Wildman–Crippen LogP) is 3.32. The van der Waals surface area contributed by atoms with Crippen LogP contribution in [0.15, 0.2) is 61.3 Å². The second-order valence-corrected chi connectivity index (χ2v) is 8.99. The van der Waals surface area contributed by atoms with Crippen LogP contribution >= 0.6 is 11.6 Å². The van der Waals surface area contributed by atoms with Crippen LogP contribution in [0.3, 0.4) is 0 Å². The molecular weight excluding hydrogens is 474 g/mol. The maximum atomic E-state index is 12.5. The number of hydrogen-bond donors (Lipinski definition) is 2. The number of aromatic nitrogens is 1. The molecule has 4 rings (SSSR count). The molecule has 1 fully saturated rings. The standard InChI is InChI=1S/C28H28ClN5O2/c1-2-26(35)34-16-14-33(15-17-34)13-3-12-31-28(36)21-7-4-20(5-8-21)6-11-24-25-18-23(29)10-9-22(25)19-32-27(24)30/h2,4-5,7-10,18-19H,1,3,12-17H2,(H2,30,32)(H,31,36). The summed E-state index contributed by atoms with van der Waals surface area (Å²) >= 11 is 6.15. The summed E-state index contributed by atoms with van der Waals surface area (Å²) in [6, 6.07) is 12.7. The van der Waals surface area contributed by atoms with Crippen LogP contribution in [-0.4, -0.2) is 65.9 Å². The van der Waals surface area contributed by atoms with Gasteiger partial charge >= 0.3 is 0 Å². The molecule has 0 saturated carbocycles. The van der Waals surface area contributed by atoms with Gasteiger partial charge in [-0.15, -0.1) is 0 Å². The van der Waals surface area contributed by atoms with Gasteiger partial charge in [-0.05, 0) is 55.4 Å².